The van der Waals surface area contributed by atoms with Gasteiger partial charge in [0.1, 0.15) is 11.4 Å². The second-order valence-corrected chi connectivity index (χ2v) is 4.90. The summed E-state index contributed by atoms with van der Waals surface area (Å²) in [6.45, 7) is 1.97. The number of aromatic nitrogens is 1. The fourth-order valence-electron chi connectivity index (χ4n) is 2.05. The molecule has 0 saturated heterocycles. The van der Waals surface area contributed by atoms with Crippen molar-refractivity contribution in [2.75, 3.05) is 5.32 Å². The molecule has 1 N–H and O–H groups in total. The number of carbonyl (C=O) groups is 1. The maximum Gasteiger partial charge on any atom is 0.261 e. The summed E-state index contributed by atoms with van der Waals surface area (Å²) in [5, 5.41) is 6.45. The van der Waals surface area contributed by atoms with Crippen molar-refractivity contribution in [1.29, 1.82) is 0 Å². The molecule has 0 atom stereocenters. The smallest absolute Gasteiger partial charge is 0.261 e. The van der Waals surface area contributed by atoms with Gasteiger partial charge in [0, 0.05) is 11.3 Å². The van der Waals surface area contributed by atoms with E-state index in [0.29, 0.717) is 22.6 Å². The quantitative estimate of drug-likeness (QED) is 0.793. The first kappa shape index (κ1) is 14.0. The average Bonchev–Trinajstić information content (AvgIpc) is 3.00. The molecule has 0 bridgehead atoms. The first-order valence-electron chi connectivity index (χ1n) is 6.72. The number of rotatable bonds is 3. The Kier molecular flexibility index (Phi) is 3.70. The Morgan fingerprint density at radius 1 is 1.09 bits per heavy atom. The molecule has 3 rings (SSSR count). The van der Waals surface area contributed by atoms with Crippen LogP contribution in [0.1, 0.15) is 15.9 Å². The van der Waals surface area contributed by atoms with E-state index in [0.717, 1.165) is 5.56 Å². The number of halogens is 1. The Balaban J connectivity index is 1.86. The monoisotopic (exact) mass is 296 g/mol. The minimum Gasteiger partial charge on any atom is -0.355 e. The van der Waals surface area contributed by atoms with Gasteiger partial charge in [0.2, 0.25) is 0 Å². The van der Waals surface area contributed by atoms with Crippen molar-refractivity contribution >= 4 is 11.6 Å². The van der Waals surface area contributed by atoms with Gasteiger partial charge in [-0.3, -0.25) is 4.79 Å². The Labute approximate surface area is 126 Å². The number of nitrogens with one attached hydrogen (secondary N) is 1. The topological polar surface area (TPSA) is 55.1 Å². The van der Waals surface area contributed by atoms with Gasteiger partial charge in [-0.2, -0.15) is 0 Å². The maximum absolute atomic E-state index is 13.0. The largest absolute Gasteiger partial charge is 0.355 e. The summed E-state index contributed by atoms with van der Waals surface area (Å²) >= 11 is 0. The second kappa shape index (κ2) is 5.81. The van der Waals surface area contributed by atoms with Crippen LogP contribution in [0.2, 0.25) is 0 Å². The lowest BCUT2D eigenvalue weighted by Gasteiger charge is -2.05. The minimum absolute atomic E-state index is 0.298. The molecule has 5 heteroatoms. The number of benzene rings is 2. The molecule has 1 heterocycles. The van der Waals surface area contributed by atoms with Gasteiger partial charge in [-0.25, -0.2) is 4.39 Å². The van der Waals surface area contributed by atoms with Gasteiger partial charge in [-0.05, 0) is 43.3 Å². The Bertz CT molecular complexity index is 792. The van der Waals surface area contributed by atoms with Gasteiger partial charge >= 0.3 is 0 Å². The molecule has 0 aliphatic heterocycles. The lowest BCUT2D eigenvalue weighted by molar-refractivity contribution is 0.102. The lowest BCUT2D eigenvalue weighted by Crippen LogP contribution is -2.12. The van der Waals surface area contributed by atoms with Gasteiger partial charge in [0.25, 0.3) is 5.91 Å². The van der Waals surface area contributed by atoms with Crippen LogP contribution in [-0.2, 0) is 0 Å². The third-order valence-corrected chi connectivity index (χ3v) is 3.23. The molecule has 0 fully saturated rings. The van der Waals surface area contributed by atoms with Crippen LogP contribution < -0.4 is 5.32 Å². The highest BCUT2D eigenvalue weighted by Crippen LogP contribution is 2.24. The Morgan fingerprint density at radius 3 is 2.45 bits per heavy atom. The molecule has 3 aromatic rings. The summed E-state index contributed by atoms with van der Waals surface area (Å²) in [6, 6.07) is 13.1. The molecule has 4 nitrogen and oxygen atoms in total. The van der Waals surface area contributed by atoms with Gasteiger partial charge in [0.15, 0.2) is 5.76 Å². The fourth-order valence-corrected chi connectivity index (χ4v) is 2.05. The molecular weight excluding hydrogens is 283 g/mol. The summed E-state index contributed by atoms with van der Waals surface area (Å²) in [7, 11) is 0. The van der Waals surface area contributed by atoms with E-state index in [1.807, 2.05) is 31.2 Å². The highest BCUT2D eigenvalue weighted by Gasteiger charge is 2.18. The van der Waals surface area contributed by atoms with Crippen molar-refractivity contribution in [3.05, 3.63) is 71.7 Å². The third kappa shape index (κ3) is 2.88. The number of anilines is 1. The van der Waals surface area contributed by atoms with Crippen molar-refractivity contribution < 1.29 is 13.7 Å². The first-order valence-corrected chi connectivity index (χ1v) is 6.72. The highest BCUT2D eigenvalue weighted by molar-refractivity contribution is 6.07. The molecule has 110 valence electrons. The van der Waals surface area contributed by atoms with E-state index in [4.69, 9.17) is 4.52 Å². The van der Waals surface area contributed by atoms with Crippen LogP contribution in [0.15, 0.2) is 59.3 Å². The maximum atomic E-state index is 13.0. The standard InChI is InChI=1S/C17H13FN2O2/c1-11-2-8-14(9-3-11)20-17(21)15-10-19-22-16(15)12-4-6-13(18)7-5-12/h2-10H,1H3,(H,20,21). The molecule has 0 unspecified atom stereocenters. The Morgan fingerprint density at radius 2 is 1.77 bits per heavy atom. The SMILES string of the molecule is Cc1ccc(NC(=O)c2cnoc2-c2ccc(F)cc2)cc1. The van der Waals surface area contributed by atoms with Crippen LogP contribution in [0, 0.1) is 12.7 Å². The predicted molar refractivity (Wildman–Crippen MR) is 81.0 cm³/mol. The molecule has 0 aliphatic carbocycles. The van der Waals surface area contributed by atoms with Crippen LogP contribution in [0.4, 0.5) is 10.1 Å². The van der Waals surface area contributed by atoms with E-state index in [9.17, 15) is 9.18 Å². The van der Waals surface area contributed by atoms with Crippen molar-refractivity contribution in [2.24, 2.45) is 0 Å². The lowest BCUT2D eigenvalue weighted by atomic mass is 10.1. The number of hydrogen-bond acceptors (Lipinski definition) is 3. The van der Waals surface area contributed by atoms with Gasteiger partial charge < -0.3 is 9.84 Å². The zero-order valence-corrected chi connectivity index (χ0v) is 11.8. The average molecular weight is 296 g/mol. The highest BCUT2D eigenvalue weighted by atomic mass is 19.1. The predicted octanol–water partition coefficient (Wildman–Crippen LogP) is 4.04. The van der Waals surface area contributed by atoms with E-state index in [1.165, 1.54) is 18.3 Å². The van der Waals surface area contributed by atoms with Crippen LogP contribution in [-0.4, -0.2) is 11.1 Å². The molecule has 2 aromatic carbocycles. The van der Waals surface area contributed by atoms with E-state index >= 15 is 0 Å². The van der Waals surface area contributed by atoms with E-state index < -0.39 is 0 Å². The van der Waals surface area contributed by atoms with Gasteiger partial charge in [-0.1, -0.05) is 22.9 Å². The molecule has 0 spiro atoms. The van der Waals surface area contributed by atoms with Crippen LogP contribution >= 0.6 is 0 Å². The van der Waals surface area contributed by atoms with Gasteiger partial charge in [-0.15, -0.1) is 0 Å². The van der Waals surface area contributed by atoms with Gasteiger partial charge in [0.05, 0.1) is 6.20 Å². The van der Waals surface area contributed by atoms with E-state index in [2.05, 4.69) is 10.5 Å². The zero-order chi connectivity index (χ0) is 15.5. The van der Waals surface area contributed by atoms with Crippen molar-refractivity contribution in [2.45, 2.75) is 6.92 Å². The number of carbonyl (C=O) groups excluding carboxylic acids is 1. The normalized spacial score (nSPS) is 10.5. The molecule has 22 heavy (non-hydrogen) atoms. The van der Waals surface area contributed by atoms with Crippen LogP contribution in [0.5, 0.6) is 0 Å². The Hall–Kier alpha value is -2.95. The third-order valence-electron chi connectivity index (χ3n) is 3.23. The molecule has 1 amide bonds. The summed E-state index contributed by atoms with van der Waals surface area (Å²) in [5.74, 6) is -0.372. The fraction of sp³-hybridized carbons (Fsp3) is 0.0588. The number of hydrogen-bond donors (Lipinski definition) is 1. The van der Waals surface area contributed by atoms with Crippen molar-refractivity contribution in [1.82, 2.24) is 5.16 Å². The van der Waals surface area contributed by atoms with Crippen LogP contribution in [0.3, 0.4) is 0 Å². The minimum atomic E-state index is -0.353. The number of aryl methyl sites for hydroxylation is 1. The molecule has 0 saturated carbocycles. The van der Waals surface area contributed by atoms with Crippen LogP contribution in [0.25, 0.3) is 11.3 Å². The second-order valence-electron chi connectivity index (χ2n) is 4.90. The summed E-state index contributed by atoms with van der Waals surface area (Å²) in [4.78, 5) is 12.3. The van der Waals surface area contributed by atoms with E-state index in [-0.39, 0.29) is 11.7 Å². The summed E-state index contributed by atoms with van der Waals surface area (Å²) in [6.07, 6.45) is 1.35. The molecular formula is C17H13FN2O2. The van der Waals surface area contributed by atoms with Crippen molar-refractivity contribution in [3.63, 3.8) is 0 Å². The molecule has 1 aromatic heterocycles. The summed E-state index contributed by atoms with van der Waals surface area (Å²) in [5.41, 5.74) is 2.68. The molecule has 0 aliphatic rings. The summed E-state index contributed by atoms with van der Waals surface area (Å²) < 4.78 is 18.1. The zero-order valence-electron chi connectivity index (χ0n) is 11.8. The van der Waals surface area contributed by atoms with Crippen molar-refractivity contribution in [3.8, 4) is 11.3 Å². The molecule has 0 radical (unpaired) electrons. The number of nitrogens with zero attached hydrogens (tertiary/aromatic N) is 1. The first-order chi connectivity index (χ1) is 10.6. The van der Waals surface area contributed by atoms with E-state index in [1.54, 1.807) is 12.1 Å². The number of amides is 1.